The van der Waals surface area contributed by atoms with Crippen molar-refractivity contribution in [1.29, 1.82) is 0 Å². The van der Waals surface area contributed by atoms with Crippen molar-refractivity contribution >= 4 is 11.8 Å². The second-order valence-corrected chi connectivity index (χ2v) is 12.0. The zero-order valence-electron chi connectivity index (χ0n) is 23.8. The molecule has 2 aromatic rings. The van der Waals surface area contributed by atoms with Crippen molar-refractivity contribution < 1.29 is 14.3 Å². The summed E-state index contributed by atoms with van der Waals surface area (Å²) >= 11 is 0. The Morgan fingerprint density at radius 3 is 1.63 bits per heavy atom. The SMILES string of the molecule is CCCCCC1CCC(c2ccc(C(=O)OCC(=O)c3ccc(C4CCC(CCC)CC4)cc3)cc2)CC1. The number of Topliss-reactive ketones (excluding diaryl/α,β-unsaturated/α-hetero) is 1. The van der Waals surface area contributed by atoms with Crippen molar-refractivity contribution in [1.82, 2.24) is 0 Å². The quantitative estimate of drug-likeness (QED) is 0.160. The lowest BCUT2D eigenvalue weighted by Crippen LogP contribution is -2.16. The van der Waals surface area contributed by atoms with Crippen LogP contribution in [0.4, 0.5) is 0 Å². The van der Waals surface area contributed by atoms with Crippen molar-refractivity contribution in [2.75, 3.05) is 6.61 Å². The minimum absolute atomic E-state index is 0.149. The van der Waals surface area contributed by atoms with Crippen LogP contribution in [-0.2, 0) is 4.74 Å². The monoisotopic (exact) mass is 516 g/mol. The first kappa shape index (κ1) is 28.6. The van der Waals surface area contributed by atoms with Gasteiger partial charge in [-0.3, -0.25) is 4.79 Å². The van der Waals surface area contributed by atoms with Crippen LogP contribution < -0.4 is 0 Å². The van der Waals surface area contributed by atoms with Gasteiger partial charge in [-0.15, -0.1) is 0 Å². The van der Waals surface area contributed by atoms with Crippen LogP contribution in [0.3, 0.4) is 0 Å². The molecule has 0 atom stereocenters. The van der Waals surface area contributed by atoms with E-state index >= 15 is 0 Å². The van der Waals surface area contributed by atoms with Gasteiger partial charge in [-0.25, -0.2) is 4.79 Å². The molecule has 206 valence electrons. The van der Waals surface area contributed by atoms with Crippen molar-refractivity contribution in [2.45, 2.75) is 116 Å². The Labute approximate surface area is 230 Å². The Morgan fingerprint density at radius 1 is 0.632 bits per heavy atom. The fraction of sp³-hybridized carbons (Fsp3) is 0.600. The van der Waals surface area contributed by atoms with E-state index < -0.39 is 5.97 Å². The Bertz CT molecular complexity index is 990. The van der Waals surface area contributed by atoms with Gasteiger partial charge in [-0.1, -0.05) is 88.8 Å². The molecule has 0 unspecified atom stereocenters. The van der Waals surface area contributed by atoms with Gasteiger partial charge < -0.3 is 4.74 Å². The van der Waals surface area contributed by atoms with Crippen molar-refractivity contribution in [3.63, 3.8) is 0 Å². The van der Waals surface area contributed by atoms with Crippen LogP contribution >= 0.6 is 0 Å². The van der Waals surface area contributed by atoms with Crippen molar-refractivity contribution in [2.24, 2.45) is 11.8 Å². The summed E-state index contributed by atoms with van der Waals surface area (Å²) in [6.07, 6.45) is 18.3. The molecule has 2 aliphatic rings. The number of carbonyl (C=O) groups is 2. The Hall–Kier alpha value is -2.42. The Balaban J connectivity index is 1.20. The van der Waals surface area contributed by atoms with Crippen molar-refractivity contribution in [3.8, 4) is 0 Å². The summed E-state index contributed by atoms with van der Waals surface area (Å²) in [6, 6.07) is 15.9. The molecule has 2 aliphatic carbocycles. The molecule has 0 saturated heterocycles. The third-order valence-corrected chi connectivity index (χ3v) is 9.26. The highest BCUT2D eigenvalue weighted by Gasteiger charge is 2.23. The van der Waals surface area contributed by atoms with Gasteiger partial charge in [0.25, 0.3) is 0 Å². The van der Waals surface area contributed by atoms with E-state index in [9.17, 15) is 9.59 Å². The fourth-order valence-corrected chi connectivity index (χ4v) is 6.79. The molecule has 3 heteroatoms. The summed E-state index contributed by atoms with van der Waals surface area (Å²) in [5.41, 5.74) is 3.79. The molecule has 0 radical (unpaired) electrons. The first-order valence-corrected chi connectivity index (χ1v) is 15.5. The van der Waals surface area contributed by atoms with E-state index in [-0.39, 0.29) is 12.4 Å². The zero-order valence-corrected chi connectivity index (χ0v) is 23.8. The first-order chi connectivity index (χ1) is 18.6. The lowest BCUT2D eigenvalue weighted by Gasteiger charge is -2.29. The second kappa shape index (κ2) is 14.7. The van der Waals surface area contributed by atoms with Crippen LogP contribution in [-0.4, -0.2) is 18.4 Å². The molecule has 2 saturated carbocycles. The maximum atomic E-state index is 12.7. The van der Waals surface area contributed by atoms with E-state index in [4.69, 9.17) is 4.74 Å². The number of ketones is 1. The lowest BCUT2D eigenvalue weighted by molar-refractivity contribution is 0.0474. The minimum atomic E-state index is -0.426. The molecule has 2 aromatic carbocycles. The summed E-state index contributed by atoms with van der Waals surface area (Å²) < 4.78 is 5.38. The summed E-state index contributed by atoms with van der Waals surface area (Å²) in [7, 11) is 0. The van der Waals surface area contributed by atoms with Crippen LogP contribution in [0, 0.1) is 11.8 Å². The van der Waals surface area contributed by atoms with Crippen molar-refractivity contribution in [3.05, 3.63) is 70.8 Å². The molecule has 0 aliphatic heterocycles. The van der Waals surface area contributed by atoms with Gasteiger partial charge in [0, 0.05) is 5.56 Å². The van der Waals surface area contributed by atoms with E-state index in [1.165, 1.54) is 101 Å². The standard InChI is InChI=1S/C35H48O3/c1-3-5-6-8-27-11-15-29(16-12-27)31-19-23-33(24-20-31)35(37)38-25-34(36)32-21-17-30(18-22-32)28-13-9-26(7-4-2)10-14-28/h17-24,26-29H,3-16,25H2,1-2H3. The fourth-order valence-electron chi connectivity index (χ4n) is 6.79. The van der Waals surface area contributed by atoms with E-state index in [1.54, 1.807) is 0 Å². The third-order valence-electron chi connectivity index (χ3n) is 9.26. The van der Waals surface area contributed by atoms with Crippen LogP contribution in [0.25, 0.3) is 0 Å². The Kier molecular flexibility index (Phi) is 11.0. The molecular weight excluding hydrogens is 468 g/mol. The molecule has 3 nitrogen and oxygen atoms in total. The van der Waals surface area contributed by atoms with Gasteiger partial charge in [0.15, 0.2) is 12.4 Å². The average Bonchev–Trinajstić information content (AvgIpc) is 2.97. The van der Waals surface area contributed by atoms with E-state index in [0.29, 0.717) is 23.0 Å². The van der Waals surface area contributed by atoms with Gasteiger partial charge in [0.05, 0.1) is 5.56 Å². The van der Waals surface area contributed by atoms with Gasteiger partial charge in [0.1, 0.15) is 0 Å². The number of ether oxygens (including phenoxy) is 1. The maximum absolute atomic E-state index is 12.7. The molecule has 0 N–H and O–H groups in total. The number of hydrogen-bond acceptors (Lipinski definition) is 3. The van der Waals surface area contributed by atoms with Crippen LogP contribution in [0.2, 0.25) is 0 Å². The summed E-state index contributed by atoms with van der Waals surface area (Å²) in [4.78, 5) is 25.3. The molecule has 0 heterocycles. The van der Waals surface area contributed by atoms with Gasteiger partial charge in [-0.2, -0.15) is 0 Å². The first-order valence-electron chi connectivity index (χ1n) is 15.5. The van der Waals surface area contributed by atoms with Crippen LogP contribution in [0.1, 0.15) is 147 Å². The minimum Gasteiger partial charge on any atom is -0.454 e. The second-order valence-electron chi connectivity index (χ2n) is 12.0. The molecule has 0 amide bonds. The summed E-state index contributed by atoms with van der Waals surface area (Å²) in [6.45, 7) is 4.33. The topological polar surface area (TPSA) is 43.4 Å². The maximum Gasteiger partial charge on any atom is 0.338 e. The molecule has 0 aromatic heterocycles. The third kappa shape index (κ3) is 8.04. The highest BCUT2D eigenvalue weighted by atomic mass is 16.5. The number of unbranched alkanes of at least 4 members (excludes halogenated alkanes) is 2. The zero-order chi connectivity index (χ0) is 26.7. The van der Waals surface area contributed by atoms with Crippen LogP contribution in [0.15, 0.2) is 48.5 Å². The molecular formula is C35H48O3. The average molecular weight is 517 g/mol. The smallest absolute Gasteiger partial charge is 0.338 e. The predicted molar refractivity (Wildman–Crippen MR) is 156 cm³/mol. The molecule has 2 fully saturated rings. The van der Waals surface area contributed by atoms with E-state index in [0.717, 1.165) is 11.8 Å². The van der Waals surface area contributed by atoms with E-state index in [2.05, 4.69) is 38.1 Å². The van der Waals surface area contributed by atoms with Gasteiger partial charge in [-0.05, 0) is 98.3 Å². The highest BCUT2D eigenvalue weighted by Crippen LogP contribution is 2.38. The lowest BCUT2D eigenvalue weighted by atomic mass is 9.77. The molecule has 0 spiro atoms. The number of rotatable bonds is 12. The molecule has 38 heavy (non-hydrogen) atoms. The van der Waals surface area contributed by atoms with Gasteiger partial charge >= 0.3 is 5.97 Å². The number of carbonyl (C=O) groups excluding carboxylic acids is 2. The molecule has 0 bridgehead atoms. The van der Waals surface area contributed by atoms with Gasteiger partial charge in [0.2, 0.25) is 0 Å². The van der Waals surface area contributed by atoms with Crippen LogP contribution in [0.5, 0.6) is 0 Å². The number of benzene rings is 2. The largest absolute Gasteiger partial charge is 0.454 e. The summed E-state index contributed by atoms with van der Waals surface area (Å²) in [5, 5.41) is 0. The number of esters is 1. The normalized spacial score (nSPS) is 23.6. The molecule has 4 rings (SSSR count). The Morgan fingerprint density at radius 2 is 1.13 bits per heavy atom. The highest BCUT2D eigenvalue weighted by molar-refractivity contribution is 5.99. The summed E-state index contributed by atoms with van der Waals surface area (Å²) in [5.74, 6) is 2.41. The van der Waals surface area contributed by atoms with E-state index in [1.807, 2.05) is 24.3 Å². The number of hydrogen-bond donors (Lipinski definition) is 0. The predicted octanol–water partition coefficient (Wildman–Crippen LogP) is 9.65.